The number of hydrogen-bond donors (Lipinski definition) is 1. The van der Waals surface area contributed by atoms with Gasteiger partial charge >= 0.3 is 0 Å². The number of carbonyl (C=O) groups excluding carboxylic acids is 2. The van der Waals surface area contributed by atoms with Crippen LogP contribution in [0.1, 0.15) is 22.3 Å². The molecule has 2 atom stereocenters. The lowest BCUT2D eigenvalue weighted by molar-refractivity contribution is -0.125. The fourth-order valence-corrected chi connectivity index (χ4v) is 5.18. The van der Waals surface area contributed by atoms with Crippen molar-refractivity contribution in [3.05, 3.63) is 63.6 Å². The van der Waals surface area contributed by atoms with E-state index in [-0.39, 0.29) is 17.7 Å². The number of rotatable bonds is 3. The monoisotopic (exact) mass is 469 g/mol. The quantitative estimate of drug-likeness (QED) is 0.589. The molecule has 2 aliphatic heterocycles. The van der Waals surface area contributed by atoms with Crippen LogP contribution in [0, 0.1) is 11.8 Å². The summed E-state index contributed by atoms with van der Waals surface area (Å²) in [5, 5.41) is 11.6. The Kier molecular flexibility index (Phi) is 5.61. The van der Waals surface area contributed by atoms with Gasteiger partial charge in [-0.1, -0.05) is 28.4 Å². The summed E-state index contributed by atoms with van der Waals surface area (Å²) in [6.07, 6.45) is 4.19. The molecule has 164 valence electrons. The third-order valence-corrected chi connectivity index (χ3v) is 6.71. The van der Waals surface area contributed by atoms with Crippen molar-refractivity contribution in [2.45, 2.75) is 6.42 Å². The molecular formula is C23H21Cl2N5O2. The van der Waals surface area contributed by atoms with Crippen molar-refractivity contribution in [3.8, 4) is 0 Å². The zero-order valence-electron chi connectivity index (χ0n) is 17.2. The predicted octanol–water partition coefficient (Wildman–Crippen LogP) is 3.90. The first-order valence-electron chi connectivity index (χ1n) is 10.5. The number of aromatic nitrogens is 3. The van der Waals surface area contributed by atoms with Crippen molar-refractivity contribution < 1.29 is 9.59 Å². The van der Waals surface area contributed by atoms with Crippen LogP contribution in [0.2, 0.25) is 10.0 Å². The van der Waals surface area contributed by atoms with E-state index in [4.69, 9.17) is 23.2 Å². The number of benzene rings is 2. The van der Waals surface area contributed by atoms with E-state index in [1.807, 2.05) is 15.9 Å². The maximum absolute atomic E-state index is 13.0. The lowest BCUT2D eigenvalue weighted by atomic mass is 9.88. The first kappa shape index (κ1) is 21.0. The number of nitrogens with one attached hydrogen (secondary N) is 1. The van der Waals surface area contributed by atoms with Gasteiger partial charge in [0.25, 0.3) is 5.91 Å². The molecule has 2 saturated heterocycles. The lowest BCUT2D eigenvalue weighted by Crippen LogP contribution is -2.43. The molecule has 0 radical (unpaired) electrons. The van der Waals surface area contributed by atoms with Crippen molar-refractivity contribution in [1.29, 1.82) is 0 Å². The molecular weight excluding hydrogens is 449 g/mol. The first-order valence-corrected chi connectivity index (χ1v) is 11.2. The minimum absolute atomic E-state index is 0.00384. The summed E-state index contributed by atoms with van der Waals surface area (Å²) in [5.41, 5.74) is 2.88. The topological polar surface area (TPSA) is 82.2 Å². The lowest BCUT2D eigenvalue weighted by Gasteiger charge is -2.34. The van der Waals surface area contributed by atoms with Crippen LogP contribution in [0.25, 0.3) is 17.1 Å². The average Bonchev–Trinajstić information content (AvgIpc) is 3.42. The minimum Gasteiger partial charge on any atom is -0.339 e. The molecule has 0 bridgehead atoms. The highest BCUT2D eigenvalue weighted by molar-refractivity contribution is 6.34. The molecule has 0 saturated carbocycles. The number of halogens is 2. The number of H-pyrrole nitrogens is 1. The minimum atomic E-state index is -0.0372. The van der Waals surface area contributed by atoms with Crippen LogP contribution >= 0.6 is 23.2 Å². The van der Waals surface area contributed by atoms with E-state index in [9.17, 15) is 9.59 Å². The average molecular weight is 470 g/mol. The van der Waals surface area contributed by atoms with Crippen molar-refractivity contribution in [3.63, 3.8) is 0 Å². The Balaban J connectivity index is 1.23. The van der Waals surface area contributed by atoms with E-state index < -0.39 is 0 Å². The van der Waals surface area contributed by atoms with Gasteiger partial charge in [-0.05, 0) is 66.3 Å². The van der Waals surface area contributed by atoms with E-state index in [2.05, 4.69) is 15.4 Å². The molecule has 0 aliphatic carbocycles. The highest BCUT2D eigenvalue weighted by Gasteiger charge is 2.39. The van der Waals surface area contributed by atoms with Gasteiger partial charge in [0.1, 0.15) is 5.52 Å². The van der Waals surface area contributed by atoms with Crippen LogP contribution in [-0.4, -0.2) is 63.2 Å². The van der Waals surface area contributed by atoms with Gasteiger partial charge < -0.3 is 9.80 Å². The van der Waals surface area contributed by atoms with Gasteiger partial charge in [0.15, 0.2) is 0 Å². The molecule has 3 aromatic rings. The Morgan fingerprint density at radius 2 is 1.75 bits per heavy atom. The van der Waals surface area contributed by atoms with Crippen molar-refractivity contribution >= 4 is 52.1 Å². The molecule has 32 heavy (non-hydrogen) atoms. The molecule has 2 amide bonds. The SMILES string of the molecule is O=C(C=Cc1cc(Cl)cc(Cl)c1)N1CC2CCN(C(=O)c3ccc4[nH]nnc4c3)CC2C1. The maximum Gasteiger partial charge on any atom is 0.253 e. The smallest absolute Gasteiger partial charge is 0.253 e. The Morgan fingerprint density at radius 3 is 2.56 bits per heavy atom. The summed E-state index contributed by atoms with van der Waals surface area (Å²) in [5.74, 6) is 0.650. The van der Waals surface area contributed by atoms with Crippen LogP contribution < -0.4 is 0 Å². The number of amides is 2. The fraction of sp³-hybridized carbons (Fsp3) is 0.304. The number of likely N-dealkylation sites (tertiary alicyclic amines) is 2. The van der Waals surface area contributed by atoms with Gasteiger partial charge in [0, 0.05) is 47.9 Å². The summed E-state index contributed by atoms with van der Waals surface area (Å²) in [4.78, 5) is 29.5. The molecule has 5 rings (SSSR count). The second kappa shape index (κ2) is 8.56. The number of fused-ring (bicyclic) bond motifs is 2. The molecule has 2 fully saturated rings. The van der Waals surface area contributed by atoms with Gasteiger partial charge in [0.05, 0.1) is 5.52 Å². The van der Waals surface area contributed by atoms with Crippen molar-refractivity contribution in [2.75, 3.05) is 26.2 Å². The zero-order valence-corrected chi connectivity index (χ0v) is 18.7. The second-order valence-electron chi connectivity index (χ2n) is 8.38. The van der Waals surface area contributed by atoms with E-state index in [1.165, 1.54) is 0 Å². The van der Waals surface area contributed by atoms with Gasteiger partial charge in [-0.3, -0.25) is 14.7 Å². The van der Waals surface area contributed by atoms with E-state index in [1.54, 1.807) is 42.5 Å². The van der Waals surface area contributed by atoms with Gasteiger partial charge in [-0.15, -0.1) is 5.10 Å². The molecule has 2 aliphatic rings. The summed E-state index contributed by atoms with van der Waals surface area (Å²) in [6.45, 7) is 2.71. The summed E-state index contributed by atoms with van der Waals surface area (Å²) in [6, 6.07) is 10.6. The second-order valence-corrected chi connectivity index (χ2v) is 9.26. The van der Waals surface area contributed by atoms with Crippen LogP contribution in [-0.2, 0) is 4.79 Å². The van der Waals surface area contributed by atoms with E-state index in [0.717, 1.165) is 24.0 Å². The molecule has 1 N–H and O–H groups in total. The number of aromatic amines is 1. The van der Waals surface area contributed by atoms with E-state index in [0.29, 0.717) is 46.7 Å². The highest BCUT2D eigenvalue weighted by Crippen LogP contribution is 2.32. The maximum atomic E-state index is 13.0. The molecule has 1 aromatic heterocycles. The van der Waals surface area contributed by atoms with Crippen LogP contribution in [0.5, 0.6) is 0 Å². The predicted molar refractivity (Wildman–Crippen MR) is 123 cm³/mol. The Labute approximate surface area is 195 Å². The Hall–Kier alpha value is -2.90. The molecule has 0 spiro atoms. The van der Waals surface area contributed by atoms with Crippen LogP contribution in [0.15, 0.2) is 42.5 Å². The first-order chi connectivity index (χ1) is 15.5. The fourth-order valence-electron chi connectivity index (χ4n) is 4.63. The summed E-state index contributed by atoms with van der Waals surface area (Å²) < 4.78 is 0. The summed E-state index contributed by atoms with van der Waals surface area (Å²) in [7, 11) is 0. The number of piperidine rings is 1. The standard InChI is InChI=1S/C23H21Cl2N5O2/c24-18-7-14(8-19(25)10-18)1-4-22(31)30-11-16-5-6-29(12-17(16)13-30)23(32)15-2-3-20-21(9-15)27-28-26-20/h1-4,7-10,16-17H,5-6,11-13H2,(H,26,27,28). The normalized spacial score (nSPS) is 20.8. The van der Waals surface area contributed by atoms with Crippen LogP contribution in [0.4, 0.5) is 0 Å². The zero-order chi connectivity index (χ0) is 22.2. The third-order valence-electron chi connectivity index (χ3n) is 6.28. The Morgan fingerprint density at radius 1 is 1.00 bits per heavy atom. The van der Waals surface area contributed by atoms with Gasteiger partial charge in [0.2, 0.25) is 5.91 Å². The Bertz CT molecular complexity index is 1200. The third kappa shape index (κ3) is 4.23. The summed E-state index contributed by atoms with van der Waals surface area (Å²) >= 11 is 12.1. The van der Waals surface area contributed by atoms with Crippen LogP contribution in [0.3, 0.4) is 0 Å². The molecule has 3 heterocycles. The van der Waals surface area contributed by atoms with Gasteiger partial charge in [-0.25, -0.2) is 0 Å². The number of hydrogen-bond acceptors (Lipinski definition) is 4. The van der Waals surface area contributed by atoms with Crippen molar-refractivity contribution in [2.24, 2.45) is 11.8 Å². The molecule has 7 nitrogen and oxygen atoms in total. The van der Waals surface area contributed by atoms with Crippen molar-refractivity contribution in [1.82, 2.24) is 25.2 Å². The largest absolute Gasteiger partial charge is 0.339 e. The number of nitrogens with zero attached hydrogens (tertiary/aromatic N) is 4. The highest BCUT2D eigenvalue weighted by atomic mass is 35.5. The molecule has 2 aromatic carbocycles. The van der Waals surface area contributed by atoms with E-state index >= 15 is 0 Å². The van der Waals surface area contributed by atoms with Gasteiger partial charge in [-0.2, -0.15) is 0 Å². The molecule has 9 heteroatoms. The molecule has 2 unspecified atom stereocenters. The number of carbonyl (C=O) groups is 2.